The number of carbonyl (C=O) groups is 1. The minimum absolute atomic E-state index is 0.0288. The molecular formula is C21H38O3Si. The fourth-order valence-electron chi connectivity index (χ4n) is 4.26. The predicted octanol–water partition coefficient (Wildman–Crippen LogP) is 6.17. The van der Waals surface area contributed by atoms with Crippen LogP contribution in [0.15, 0.2) is 23.8 Å². The summed E-state index contributed by atoms with van der Waals surface area (Å²) in [5, 5.41) is 0. The van der Waals surface area contributed by atoms with Gasteiger partial charge in [0, 0.05) is 6.08 Å². The Kier molecular flexibility index (Phi) is 7.28. The summed E-state index contributed by atoms with van der Waals surface area (Å²) in [6.45, 7) is 23.5. The van der Waals surface area contributed by atoms with Crippen molar-refractivity contribution in [2.75, 3.05) is 0 Å². The second-order valence-electron chi connectivity index (χ2n) is 9.20. The first-order valence-corrected chi connectivity index (χ1v) is 11.8. The second-order valence-corrected chi connectivity index (χ2v) is 14.6. The largest absolute Gasteiger partial charge is 0.457 e. The van der Waals surface area contributed by atoms with Gasteiger partial charge in [0.1, 0.15) is 5.60 Å². The lowest BCUT2D eigenvalue weighted by molar-refractivity contribution is -0.148. The standard InChI is InChI=1S/C21H38O3Si/c1-14(2)25(15(3)4,16(5)6)24-19-12-11-17(7)18(19)13-20(22)23-21(8,9)10/h13-16,19H,7,11-12H2,1-6,8-10H3/b18-13-. The van der Waals surface area contributed by atoms with Gasteiger partial charge in [-0.25, -0.2) is 4.79 Å². The molecule has 0 bridgehead atoms. The molecule has 0 amide bonds. The second kappa shape index (κ2) is 8.21. The summed E-state index contributed by atoms with van der Waals surface area (Å²) < 4.78 is 12.4. The molecule has 0 spiro atoms. The molecule has 1 fully saturated rings. The van der Waals surface area contributed by atoms with Crippen molar-refractivity contribution in [3.05, 3.63) is 23.8 Å². The number of hydrogen-bond acceptors (Lipinski definition) is 3. The maximum atomic E-state index is 12.3. The van der Waals surface area contributed by atoms with Crippen molar-refractivity contribution >= 4 is 14.3 Å². The van der Waals surface area contributed by atoms with Crippen LogP contribution in [0.2, 0.25) is 16.6 Å². The Bertz CT molecular complexity index is 502. The molecule has 0 radical (unpaired) electrons. The lowest BCUT2D eigenvalue weighted by atomic mass is 10.1. The molecule has 1 unspecified atom stereocenters. The summed E-state index contributed by atoms with van der Waals surface area (Å²) in [4.78, 5) is 12.3. The Labute approximate surface area is 156 Å². The van der Waals surface area contributed by atoms with E-state index in [2.05, 4.69) is 48.1 Å². The third kappa shape index (κ3) is 5.30. The van der Waals surface area contributed by atoms with Crippen LogP contribution in [-0.4, -0.2) is 26.0 Å². The van der Waals surface area contributed by atoms with Crippen molar-refractivity contribution in [2.45, 2.75) is 103 Å². The Hall–Kier alpha value is -0.873. The van der Waals surface area contributed by atoms with E-state index in [0.717, 1.165) is 24.0 Å². The van der Waals surface area contributed by atoms with Crippen LogP contribution >= 0.6 is 0 Å². The van der Waals surface area contributed by atoms with Crippen molar-refractivity contribution in [3.63, 3.8) is 0 Å². The SMILES string of the molecule is C=C1CCC(O[Si](C(C)C)(C(C)C)C(C)C)/C1=C\C(=O)OC(C)(C)C. The third-order valence-electron chi connectivity index (χ3n) is 5.20. The van der Waals surface area contributed by atoms with Gasteiger partial charge < -0.3 is 9.16 Å². The van der Waals surface area contributed by atoms with E-state index >= 15 is 0 Å². The van der Waals surface area contributed by atoms with Gasteiger partial charge >= 0.3 is 5.97 Å². The molecular weight excluding hydrogens is 328 g/mol. The molecule has 0 aliphatic heterocycles. The van der Waals surface area contributed by atoms with Crippen LogP contribution in [0, 0.1) is 0 Å². The maximum Gasteiger partial charge on any atom is 0.331 e. The van der Waals surface area contributed by atoms with Crippen LogP contribution in [0.3, 0.4) is 0 Å². The molecule has 3 nitrogen and oxygen atoms in total. The smallest absolute Gasteiger partial charge is 0.331 e. The summed E-state index contributed by atoms with van der Waals surface area (Å²) in [5.41, 5.74) is 3.01. The van der Waals surface area contributed by atoms with Gasteiger partial charge in [-0.05, 0) is 61.4 Å². The number of ether oxygens (including phenoxy) is 1. The van der Waals surface area contributed by atoms with E-state index in [1.807, 2.05) is 20.8 Å². The van der Waals surface area contributed by atoms with Gasteiger partial charge in [0.2, 0.25) is 8.32 Å². The van der Waals surface area contributed by atoms with Crippen molar-refractivity contribution in [1.29, 1.82) is 0 Å². The molecule has 0 aromatic rings. The van der Waals surface area contributed by atoms with Gasteiger partial charge in [0.05, 0.1) is 6.10 Å². The summed E-state index contributed by atoms with van der Waals surface area (Å²) in [6, 6.07) is 0. The zero-order chi connectivity index (χ0) is 19.6. The average molecular weight is 367 g/mol. The molecule has 1 rings (SSSR count). The monoisotopic (exact) mass is 366 g/mol. The first-order valence-electron chi connectivity index (χ1n) is 9.61. The Morgan fingerprint density at radius 1 is 1.12 bits per heavy atom. The minimum Gasteiger partial charge on any atom is -0.457 e. The molecule has 0 aromatic heterocycles. The van der Waals surface area contributed by atoms with E-state index in [0.29, 0.717) is 16.6 Å². The molecule has 25 heavy (non-hydrogen) atoms. The average Bonchev–Trinajstić information content (AvgIpc) is 2.73. The van der Waals surface area contributed by atoms with Gasteiger partial charge in [-0.2, -0.15) is 0 Å². The first-order chi connectivity index (χ1) is 11.3. The van der Waals surface area contributed by atoms with E-state index in [9.17, 15) is 4.79 Å². The van der Waals surface area contributed by atoms with Gasteiger partial charge in [-0.15, -0.1) is 0 Å². The fraction of sp³-hybridized carbons (Fsp3) is 0.762. The molecule has 144 valence electrons. The van der Waals surface area contributed by atoms with Gasteiger partial charge in [0.25, 0.3) is 0 Å². The van der Waals surface area contributed by atoms with Crippen molar-refractivity contribution in [2.24, 2.45) is 0 Å². The van der Waals surface area contributed by atoms with Gasteiger partial charge in [0.15, 0.2) is 0 Å². The topological polar surface area (TPSA) is 35.5 Å². The molecule has 1 atom stereocenters. The van der Waals surface area contributed by atoms with E-state index in [-0.39, 0.29) is 12.1 Å². The Morgan fingerprint density at radius 3 is 2.00 bits per heavy atom. The van der Waals surface area contributed by atoms with E-state index < -0.39 is 13.9 Å². The number of rotatable bonds is 6. The van der Waals surface area contributed by atoms with Crippen molar-refractivity contribution < 1.29 is 14.0 Å². The number of hydrogen-bond donors (Lipinski definition) is 0. The fourth-order valence-corrected chi connectivity index (χ4v) is 9.82. The highest BCUT2D eigenvalue weighted by Gasteiger charge is 2.47. The lowest BCUT2D eigenvalue weighted by Gasteiger charge is -2.44. The highest BCUT2D eigenvalue weighted by Crippen LogP contribution is 2.46. The van der Waals surface area contributed by atoms with E-state index in [1.165, 1.54) is 0 Å². The third-order valence-corrected chi connectivity index (χ3v) is 11.3. The molecule has 0 heterocycles. The number of carbonyl (C=O) groups excluding carboxylic acids is 1. The quantitative estimate of drug-likeness (QED) is 0.320. The van der Waals surface area contributed by atoms with Crippen molar-refractivity contribution in [3.8, 4) is 0 Å². The minimum atomic E-state index is -2.00. The summed E-state index contributed by atoms with van der Waals surface area (Å²) in [6.07, 6.45) is 3.39. The van der Waals surface area contributed by atoms with Gasteiger partial charge in [-0.1, -0.05) is 48.1 Å². The zero-order valence-corrected chi connectivity index (χ0v) is 18.7. The molecule has 0 N–H and O–H groups in total. The molecule has 0 aromatic carbocycles. The van der Waals surface area contributed by atoms with Crippen LogP contribution < -0.4 is 0 Å². The molecule has 4 heteroatoms. The van der Waals surface area contributed by atoms with Crippen molar-refractivity contribution in [1.82, 2.24) is 0 Å². The molecule has 0 saturated heterocycles. The maximum absolute atomic E-state index is 12.3. The Balaban J connectivity index is 3.13. The zero-order valence-electron chi connectivity index (χ0n) is 17.7. The predicted molar refractivity (Wildman–Crippen MR) is 108 cm³/mol. The molecule has 1 aliphatic rings. The van der Waals surface area contributed by atoms with E-state index in [4.69, 9.17) is 9.16 Å². The van der Waals surface area contributed by atoms with Crippen LogP contribution in [0.5, 0.6) is 0 Å². The first kappa shape index (κ1) is 22.2. The number of esters is 1. The molecule has 1 aliphatic carbocycles. The lowest BCUT2D eigenvalue weighted by Crippen LogP contribution is -2.50. The van der Waals surface area contributed by atoms with E-state index in [1.54, 1.807) is 6.08 Å². The summed E-state index contributed by atoms with van der Waals surface area (Å²) in [7, 11) is -2.00. The van der Waals surface area contributed by atoms with Crippen LogP contribution in [0.1, 0.15) is 75.2 Å². The molecule has 1 saturated carbocycles. The van der Waals surface area contributed by atoms with Crippen LogP contribution in [0.25, 0.3) is 0 Å². The van der Waals surface area contributed by atoms with Gasteiger partial charge in [-0.3, -0.25) is 0 Å². The highest BCUT2D eigenvalue weighted by atomic mass is 28.4. The van der Waals surface area contributed by atoms with Crippen LogP contribution in [-0.2, 0) is 14.0 Å². The Morgan fingerprint density at radius 2 is 1.60 bits per heavy atom. The normalized spacial score (nSPS) is 21.0. The highest BCUT2D eigenvalue weighted by molar-refractivity contribution is 6.77. The summed E-state index contributed by atoms with van der Waals surface area (Å²) >= 11 is 0. The van der Waals surface area contributed by atoms with Crippen LogP contribution in [0.4, 0.5) is 0 Å². The summed E-state index contributed by atoms with van der Waals surface area (Å²) in [5.74, 6) is -0.301.